The van der Waals surface area contributed by atoms with Crippen LogP contribution in [0.3, 0.4) is 0 Å². The first-order chi connectivity index (χ1) is 8.66. The highest BCUT2D eigenvalue weighted by molar-refractivity contribution is 5.03. The summed E-state index contributed by atoms with van der Waals surface area (Å²) in [6.07, 6.45) is 5.31. The lowest BCUT2D eigenvalue weighted by molar-refractivity contribution is 0.0759. The molecule has 0 aliphatic carbocycles. The lowest BCUT2D eigenvalue weighted by Gasteiger charge is -2.29. The Morgan fingerprint density at radius 1 is 1.67 bits per heavy atom. The van der Waals surface area contributed by atoms with Gasteiger partial charge in [0, 0.05) is 33.0 Å². The van der Waals surface area contributed by atoms with Gasteiger partial charge in [0.25, 0.3) is 0 Å². The van der Waals surface area contributed by atoms with Crippen molar-refractivity contribution in [1.29, 1.82) is 0 Å². The van der Waals surface area contributed by atoms with Gasteiger partial charge in [-0.1, -0.05) is 0 Å². The van der Waals surface area contributed by atoms with Crippen LogP contribution in [0.5, 0.6) is 0 Å². The maximum absolute atomic E-state index is 5.66. The molecular weight excluding hydrogens is 230 g/mol. The van der Waals surface area contributed by atoms with E-state index in [1.54, 1.807) is 7.11 Å². The van der Waals surface area contributed by atoms with E-state index >= 15 is 0 Å². The number of nitrogens with zero attached hydrogens (tertiary/aromatic N) is 2. The zero-order valence-electron chi connectivity index (χ0n) is 11.5. The third kappa shape index (κ3) is 2.74. The number of imidazole rings is 1. The van der Waals surface area contributed by atoms with Gasteiger partial charge < -0.3 is 19.4 Å². The zero-order chi connectivity index (χ0) is 13.0. The molecule has 1 aliphatic rings. The van der Waals surface area contributed by atoms with Crippen LogP contribution in [0.4, 0.5) is 0 Å². The average molecular weight is 253 g/mol. The summed E-state index contributed by atoms with van der Waals surface area (Å²) >= 11 is 0. The van der Waals surface area contributed by atoms with Gasteiger partial charge in [-0.15, -0.1) is 0 Å². The van der Waals surface area contributed by atoms with Gasteiger partial charge in [0.15, 0.2) is 0 Å². The molecule has 0 spiro atoms. The highest BCUT2D eigenvalue weighted by atomic mass is 16.5. The number of hydrogen-bond acceptors (Lipinski definition) is 4. The van der Waals surface area contributed by atoms with E-state index in [1.807, 2.05) is 6.33 Å². The Hall–Kier alpha value is -0.910. The molecule has 1 fully saturated rings. The number of hydrogen-bond donors (Lipinski definition) is 1. The maximum atomic E-state index is 5.66. The van der Waals surface area contributed by atoms with Gasteiger partial charge in [-0.05, 0) is 20.3 Å². The number of ether oxygens (including phenoxy) is 2. The predicted octanol–water partition coefficient (Wildman–Crippen LogP) is 1.14. The quantitative estimate of drug-likeness (QED) is 0.772. The monoisotopic (exact) mass is 253 g/mol. The SMILES string of the molecule is COCCNCc1cn(C2(C)CCOC2C)cn1. The molecule has 0 aromatic carbocycles. The van der Waals surface area contributed by atoms with Crippen LogP contribution >= 0.6 is 0 Å². The van der Waals surface area contributed by atoms with E-state index in [0.29, 0.717) is 0 Å². The summed E-state index contributed by atoms with van der Waals surface area (Å²) in [6.45, 7) is 7.54. The standard InChI is InChI=1S/C13H23N3O2/c1-11-13(2,4-6-18-11)16-9-12(15-10-16)8-14-5-7-17-3/h9-11,14H,4-8H2,1-3H3. The minimum Gasteiger partial charge on any atom is -0.383 e. The minimum atomic E-state index is 0.0395. The number of nitrogens with one attached hydrogen (secondary N) is 1. The van der Waals surface area contributed by atoms with Gasteiger partial charge in [-0.25, -0.2) is 4.98 Å². The highest BCUT2D eigenvalue weighted by Gasteiger charge is 2.38. The van der Waals surface area contributed by atoms with E-state index in [1.165, 1.54) is 0 Å². The van der Waals surface area contributed by atoms with Crippen molar-refractivity contribution in [3.05, 3.63) is 18.2 Å². The molecule has 0 saturated carbocycles. The molecule has 1 aromatic rings. The summed E-state index contributed by atoms with van der Waals surface area (Å²) in [7, 11) is 1.71. The molecule has 0 bridgehead atoms. The molecule has 0 amide bonds. The average Bonchev–Trinajstić information content (AvgIpc) is 2.94. The van der Waals surface area contributed by atoms with E-state index < -0.39 is 0 Å². The van der Waals surface area contributed by atoms with Crippen LogP contribution in [0.1, 0.15) is 26.0 Å². The molecule has 2 atom stereocenters. The molecule has 2 heterocycles. The van der Waals surface area contributed by atoms with Crippen molar-refractivity contribution < 1.29 is 9.47 Å². The summed E-state index contributed by atoms with van der Waals surface area (Å²) in [4.78, 5) is 4.44. The van der Waals surface area contributed by atoms with Crippen LogP contribution in [-0.4, -0.2) is 42.5 Å². The minimum absolute atomic E-state index is 0.0395. The lowest BCUT2D eigenvalue weighted by atomic mass is 9.94. The molecule has 1 saturated heterocycles. The van der Waals surface area contributed by atoms with Gasteiger partial charge in [-0.3, -0.25) is 0 Å². The van der Waals surface area contributed by atoms with Crippen molar-refractivity contribution in [1.82, 2.24) is 14.9 Å². The smallest absolute Gasteiger partial charge is 0.0956 e. The lowest BCUT2D eigenvalue weighted by Crippen LogP contribution is -2.35. The van der Waals surface area contributed by atoms with Crippen LogP contribution in [0.25, 0.3) is 0 Å². The van der Waals surface area contributed by atoms with E-state index in [2.05, 4.69) is 34.9 Å². The van der Waals surface area contributed by atoms with Crippen molar-refractivity contribution in [2.45, 2.75) is 38.5 Å². The summed E-state index contributed by atoms with van der Waals surface area (Å²) in [5.74, 6) is 0. The molecule has 2 unspecified atom stereocenters. The molecular formula is C13H23N3O2. The second-order valence-corrected chi connectivity index (χ2v) is 5.06. The van der Waals surface area contributed by atoms with Crippen molar-refractivity contribution in [3.8, 4) is 0 Å². The molecule has 1 N–H and O–H groups in total. The van der Waals surface area contributed by atoms with Crippen LogP contribution < -0.4 is 5.32 Å². The Bertz CT molecular complexity index is 380. The summed E-state index contributed by atoms with van der Waals surface area (Å²) in [6, 6.07) is 0. The fraction of sp³-hybridized carbons (Fsp3) is 0.769. The largest absolute Gasteiger partial charge is 0.383 e. The molecule has 5 heteroatoms. The highest BCUT2D eigenvalue weighted by Crippen LogP contribution is 2.32. The van der Waals surface area contributed by atoms with Crippen LogP contribution in [-0.2, 0) is 21.6 Å². The first-order valence-corrected chi connectivity index (χ1v) is 6.51. The Balaban J connectivity index is 1.93. The Morgan fingerprint density at radius 3 is 3.17 bits per heavy atom. The molecule has 102 valence electrons. The van der Waals surface area contributed by atoms with Crippen molar-refractivity contribution in [3.63, 3.8) is 0 Å². The van der Waals surface area contributed by atoms with Gasteiger partial charge in [-0.2, -0.15) is 0 Å². The Labute approximate surface area is 108 Å². The third-order valence-electron chi connectivity index (χ3n) is 3.87. The van der Waals surface area contributed by atoms with E-state index in [9.17, 15) is 0 Å². The molecule has 1 aromatic heterocycles. The van der Waals surface area contributed by atoms with Gasteiger partial charge in [0.05, 0.1) is 30.3 Å². The summed E-state index contributed by atoms with van der Waals surface area (Å²) < 4.78 is 12.8. The molecule has 2 rings (SSSR count). The topological polar surface area (TPSA) is 48.3 Å². The number of rotatable bonds is 6. The Morgan fingerprint density at radius 2 is 2.50 bits per heavy atom. The maximum Gasteiger partial charge on any atom is 0.0956 e. The van der Waals surface area contributed by atoms with Crippen LogP contribution in [0, 0.1) is 0 Å². The molecule has 18 heavy (non-hydrogen) atoms. The molecule has 1 aliphatic heterocycles. The van der Waals surface area contributed by atoms with Gasteiger partial charge >= 0.3 is 0 Å². The predicted molar refractivity (Wildman–Crippen MR) is 69.5 cm³/mol. The van der Waals surface area contributed by atoms with E-state index in [-0.39, 0.29) is 11.6 Å². The normalized spacial score (nSPS) is 27.8. The first kappa shape index (κ1) is 13.5. The zero-order valence-corrected chi connectivity index (χ0v) is 11.5. The molecule has 5 nitrogen and oxygen atoms in total. The van der Waals surface area contributed by atoms with Crippen molar-refractivity contribution >= 4 is 0 Å². The Kier molecular flexibility index (Phi) is 4.37. The fourth-order valence-electron chi connectivity index (χ4n) is 2.29. The number of aromatic nitrogens is 2. The van der Waals surface area contributed by atoms with Crippen molar-refractivity contribution in [2.24, 2.45) is 0 Å². The third-order valence-corrected chi connectivity index (χ3v) is 3.87. The summed E-state index contributed by atoms with van der Waals surface area (Å²) in [5.41, 5.74) is 1.10. The first-order valence-electron chi connectivity index (χ1n) is 6.51. The number of methoxy groups -OCH3 is 1. The van der Waals surface area contributed by atoms with Gasteiger partial charge in [0.1, 0.15) is 0 Å². The van der Waals surface area contributed by atoms with E-state index in [4.69, 9.17) is 9.47 Å². The second-order valence-electron chi connectivity index (χ2n) is 5.06. The van der Waals surface area contributed by atoms with E-state index in [0.717, 1.165) is 38.4 Å². The van der Waals surface area contributed by atoms with Gasteiger partial charge in [0.2, 0.25) is 0 Å². The fourth-order valence-corrected chi connectivity index (χ4v) is 2.29. The van der Waals surface area contributed by atoms with Crippen LogP contribution in [0.2, 0.25) is 0 Å². The van der Waals surface area contributed by atoms with Crippen LogP contribution in [0.15, 0.2) is 12.5 Å². The van der Waals surface area contributed by atoms with Crippen molar-refractivity contribution in [2.75, 3.05) is 26.9 Å². The molecule has 0 radical (unpaired) electrons. The second kappa shape index (κ2) is 5.82. The summed E-state index contributed by atoms with van der Waals surface area (Å²) in [5, 5.41) is 3.30.